The van der Waals surface area contributed by atoms with Crippen LogP contribution in [0.2, 0.25) is 0 Å². The number of amides is 1. The minimum Gasteiger partial charge on any atom is -0.348 e. The van der Waals surface area contributed by atoms with E-state index >= 15 is 0 Å². The summed E-state index contributed by atoms with van der Waals surface area (Å²) in [7, 11) is 0. The lowest BCUT2D eigenvalue weighted by Crippen LogP contribution is -2.32. The Morgan fingerprint density at radius 3 is 2.80 bits per heavy atom. The van der Waals surface area contributed by atoms with Crippen LogP contribution in [0.5, 0.6) is 0 Å². The number of H-pyrrole nitrogens is 1. The van der Waals surface area contributed by atoms with E-state index in [1.54, 1.807) is 4.90 Å². The molecule has 106 valence electrons. The Bertz CT molecular complexity index is 700. The Kier molecular flexibility index (Phi) is 3.25. The van der Waals surface area contributed by atoms with Gasteiger partial charge in [-0.15, -0.1) is 0 Å². The second kappa shape index (κ2) is 4.82. The van der Waals surface area contributed by atoms with Crippen LogP contribution in [0.25, 0.3) is 10.9 Å². The molecule has 0 unspecified atom stereocenters. The van der Waals surface area contributed by atoms with E-state index in [9.17, 15) is 13.6 Å². The second-order valence-corrected chi connectivity index (χ2v) is 5.79. The van der Waals surface area contributed by atoms with Crippen LogP contribution in [-0.4, -0.2) is 34.9 Å². The molecule has 4 nitrogen and oxygen atoms in total. The van der Waals surface area contributed by atoms with Crippen molar-refractivity contribution in [2.24, 2.45) is 5.73 Å². The third-order valence-electron chi connectivity index (χ3n) is 3.49. The quantitative estimate of drug-likeness (QED) is 0.781. The van der Waals surface area contributed by atoms with Crippen LogP contribution in [0, 0.1) is 11.6 Å². The molecule has 1 atom stereocenters. The Morgan fingerprint density at radius 1 is 1.40 bits per heavy atom. The summed E-state index contributed by atoms with van der Waals surface area (Å²) in [5.41, 5.74) is 6.00. The Morgan fingerprint density at radius 2 is 2.15 bits per heavy atom. The lowest BCUT2D eigenvalue weighted by molar-refractivity contribution is 0.0786. The molecule has 1 aliphatic rings. The van der Waals surface area contributed by atoms with Gasteiger partial charge in [0.1, 0.15) is 5.69 Å². The van der Waals surface area contributed by atoms with E-state index in [1.165, 1.54) is 12.1 Å². The van der Waals surface area contributed by atoms with Crippen molar-refractivity contribution >= 4 is 32.7 Å². The Hall–Kier alpha value is -1.47. The summed E-state index contributed by atoms with van der Waals surface area (Å²) in [6.07, 6.45) is 0.751. The zero-order valence-electron chi connectivity index (χ0n) is 10.4. The van der Waals surface area contributed by atoms with E-state index < -0.39 is 11.6 Å². The standard InChI is InChI=1S/C13H12BrF2N3O/c14-8-3-6-4-9(18-12(6)11(16)10(8)15)13(20)19-2-1-7(17)5-19/h3-4,7,18H,1-2,5,17H2/t7-/m1/s1. The summed E-state index contributed by atoms with van der Waals surface area (Å²) in [5.74, 6) is -2.21. The maximum atomic E-state index is 13.8. The summed E-state index contributed by atoms with van der Waals surface area (Å²) in [4.78, 5) is 16.5. The van der Waals surface area contributed by atoms with Crippen molar-refractivity contribution in [3.63, 3.8) is 0 Å². The molecule has 3 N–H and O–H groups in total. The fourth-order valence-corrected chi connectivity index (χ4v) is 2.86. The van der Waals surface area contributed by atoms with Gasteiger partial charge in [-0.25, -0.2) is 8.78 Å². The molecule has 1 amide bonds. The number of fused-ring (bicyclic) bond motifs is 1. The fourth-order valence-electron chi connectivity index (χ4n) is 2.44. The predicted molar refractivity (Wildman–Crippen MR) is 74.4 cm³/mol. The van der Waals surface area contributed by atoms with Gasteiger partial charge in [-0.3, -0.25) is 4.79 Å². The minimum absolute atomic E-state index is 0.00227. The van der Waals surface area contributed by atoms with Gasteiger partial charge in [0, 0.05) is 24.5 Å². The molecule has 2 aromatic rings. The summed E-state index contributed by atoms with van der Waals surface area (Å²) < 4.78 is 27.3. The molecule has 0 spiro atoms. The molecule has 7 heteroatoms. The number of benzene rings is 1. The van der Waals surface area contributed by atoms with Gasteiger partial charge in [-0.2, -0.15) is 0 Å². The van der Waals surface area contributed by atoms with Gasteiger partial charge in [0.25, 0.3) is 5.91 Å². The summed E-state index contributed by atoms with van der Waals surface area (Å²) >= 11 is 2.95. The van der Waals surface area contributed by atoms with Crippen molar-refractivity contribution in [1.29, 1.82) is 0 Å². The largest absolute Gasteiger partial charge is 0.348 e. The molecule has 1 aliphatic heterocycles. The smallest absolute Gasteiger partial charge is 0.270 e. The van der Waals surface area contributed by atoms with Gasteiger partial charge in [-0.05, 0) is 34.5 Å². The van der Waals surface area contributed by atoms with E-state index in [2.05, 4.69) is 20.9 Å². The second-order valence-electron chi connectivity index (χ2n) is 4.93. The third-order valence-corrected chi connectivity index (χ3v) is 4.07. The molecular weight excluding hydrogens is 332 g/mol. The highest BCUT2D eigenvalue weighted by atomic mass is 79.9. The summed E-state index contributed by atoms with van der Waals surface area (Å²) in [5, 5.41) is 0.447. The van der Waals surface area contributed by atoms with Gasteiger partial charge in [-0.1, -0.05) is 0 Å². The number of likely N-dealkylation sites (tertiary alicyclic amines) is 1. The van der Waals surface area contributed by atoms with E-state index in [0.717, 1.165) is 6.42 Å². The average molecular weight is 344 g/mol. The number of nitrogens with two attached hydrogens (primary N) is 1. The molecule has 1 saturated heterocycles. The fraction of sp³-hybridized carbons (Fsp3) is 0.308. The number of hydrogen-bond acceptors (Lipinski definition) is 2. The van der Waals surface area contributed by atoms with Gasteiger partial charge < -0.3 is 15.6 Å². The zero-order chi connectivity index (χ0) is 14.4. The van der Waals surface area contributed by atoms with Crippen molar-refractivity contribution in [2.75, 3.05) is 13.1 Å². The Balaban J connectivity index is 2.01. The van der Waals surface area contributed by atoms with Crippen molar-refractivity contribution < 1.29 is 13.6 Å². The van der Waals surface area contributed by atoms with E-state index in [-0.39, 0.29) is 27.6 Å². The normalized spacial score (nSPS) is 19.0. The minimum atomic E-state index is -0.994. The third kappa shape index (κ3) is 2.10. The average Bonchev–Trinajstić information content (AvgIpc) is 3.02. The van der Waals surface area contributed by atoms with Crippen LogP contribution in [0.4, 0.5) is 8.78 Å². The highest BCUT2D eigenvalue weighted by Gasteiger charge is 2.26. The maximum Gasteiger partial charge on any atom is 0.270 e. The molecular formula is C13H12BrF2N3O. The van der Waals surface area contributed by atoms with Gasteiger partial charge in [0.15, 0.2) is 11.6 Å². The van der Waals surface area contributed by atoms with E-state index in [0.29, 0.717) is 18.5 Å². The van der Waals surface area contributed by atoms with Crippen LogP contribution >= 0.6 is 15.9 Å². The first kappa shape index (κ1) is 13.5. The van der Waals surface area contributed by atoms with Gasteiger partial charge >= 0.3 is 0 Å². The molecule has 1 aromatic carbocycles. The number of aromatic nitrogens is 1. The Labute approximate surface area is 122 Å². The number of carbonyl (C=O) groups excluding carboxylic acids is 1. The topological polar surface area (TPSA) is 62.1 Å². The van der Waals surface area contributed by atoms with Crippen molar-refractivity contribution in [3.05, 3.63) is 33.9 Å². The molecule has 1 aromatic heterocycles. The van der Waals surface area contributed by atoms with Crippen LogP contribution in [-0.2, 0) is 0 Å². The first-order chi connectivity index (χ1) is 9.47. The monoisotopic (exact) mass is 343 g/mol. The summed E-state index contributed by atoms with van der Waals surface area (Å²) in [6.45, 7) is 1.06. The molecule has 2 heterocycles. The molecule has 3 rings (SSSR count). The van der Waals surface area contributed by atoms with Crippen molar-refractivity contribution in [1.82, 2.24) is 9.88 Å². The van der Waals surface area contributed by atoms with Crippen LogP contribution in [0.1, 0.15) is 16.9 Å². The number of halogens is 3. The number of rotatable bonds is 1. The number of nitrogens with one attached hydrogen (secondary N) is 1. The van der Waals surface area contributed by atoms with Crippen LogP contribution < -0.4 is 5.73 Å². The summed E-state index contributed by atoms with van der Waals surface area (Å²) in [6, 6.07) is 2.94. The first-order valence-electron chi connectivity index (χ1n) is 6.18. The predicted octanol–water partition coefficient (Wildman–Crippen LogP) is 2.38. The molecule has 1 fully saturated rings. The number of carbonyl (C=O) groups is 1. The van der Waals surface area contributed by atoms with Crippen molar-refractivity contribution in [3.8, 4) is 0 Å². The van der Waals surface area contributed by atoms with Crippen LogP contribution in [0.3, 0.4) is 0 Å². The van der Waals surface area contributed by atoms with Gasteiger partial charge in [0.05, 0.1) is 9.99 Å². The first-order valence-corrected chi connectivity index (χ1v) is 6.97. The van der Waals surface area contributed by atoms with Crippen molar-refractivity contribution in [2.45, 2.75) is 12.5 Å². The molecule has 0 aliphatic carbocycles. The highest BCUT2D eigenvalue weighted by Crippen LogP contribution is 2.28. The number of nitrogens with zero attached hydrogens (tertiary/aromatic N) is 1. The molecule has 20 heavy (non-hydrogen) atoms. The lowest BCUT2D eigenvalue weighted by Gasteiger charge is -2.14. The number of hydrogen-bond donors (Lipinski definition) is 2. The molecule has 0 bridgehead atoms. The molecule has 0 saturated carbocycles. The van der Waals surface area contributed by atoms with E-state index in [4.69, 9.17) is 5.73 Å². The van der Waals surface area contributed by atoms with Crippen LogP contribution in [0.15, 0.2) is 16.6 Å². The van der Waals surface area contributed by atoms with Gasteiger partial charge in [0.2, 0.25) is 0 Å². The molecule has 0 radical (unpaired) electrons. The lowest BCUT2D eigenvalue weighted by atomic mass is 10.2. The highest BCUT2D eigenvalue weighted by molar-refractivity contribution is 9.10. The maximum absolute atomic E-state index is 13.8. The zero-order valence-corrected chi connectivity index (χ0v) is 12.0. The number of aromatic amines is 1. The van der Waals surface area contributed by atoms with E-state index in [1.807, 2.05) is 0 Å². The SMILES string of the molecule is N[C@@H]1CCN(C(=O)c2cc3cc(Br)c(F)c(F)c3[nH]2)C1.